The maximum atomic E-state index is 4.58. The van der Waals surface area contributed by atoms with Gasteiger partial charge in [-0.3, -0.25) is 0 Å². The minimum absolute atomic E-state index is 0.529. The number of nitrogens with one attached hydrogen (secondary N) is 1. The van der Waals surface area contributed by atoms with Crippen LogP contribution in [0.4, 0.5) is 5.82 Å². The second-order valence-corrected chi connectivity index (χ2v) is 5.46. The Balaban J connectivity index is 1.85. The third-order valence-electron chi connectivity index (χ3n) is 3.71. The third-order valence-corrected chi connectivity index (χ3v) is 3.71. The number of anilines is 1. The second-order valence-electron chi connectivity index (χ2n) is 5.46. The van der Waals surface area contributed by atoms with Gasteiger partial charge >= 0.3 is 0 Å². The van der Waals surface area contributed by atoms with Crippen molar-refractivity contribution in [2.45, 2.75) is 38.8 Å². The van der Waals surface area contributed by atoms with E-state index in [0.29, 0.717) is 12.1 Å². The summed E-state index contributed by atoms with van der Waals surface area (Å²) in [6.07, 6.45) is 8.03. The summed E-state index contributed by atoms with van der Waals surface area (Å²) in [5.41, 5.74) is 1.10. The Labute approximate surface area is 113 Å². The smallest absolute Gasteiger partial charge is 0.154 e. The molecule has 102 valence electrons. The quantitative estimate of drug-likeness (QED) is 0.907. The molecular weight excluding hydrogens is 238 g/mol. The van der Waals surface area contributed by atoms with Crippen molar-refractivity contribution in [1.82, 2.24) is 19.9 Å². The summed E-state index contributed by atoms with van der Waals surface area (Å²) >= 11 is 0. The van der Waals surface area contributed by atoms with Crippen LogP contribution in [0, 0.1) is 0 Å². The average Bonchev–Trinajstić information content (AvgIpc) is 3.04. The number of aromatic nitrogens is 3. The van der Waals surface area contributed by atoms with Crippen LogP contribution in [-0.4, -0.2) is 39.8 Å². The lowest BCUT2D eigenvalue weighted by molar-refractivity contribution is 0.522. The van der Waals surface area contributed by atoms with Crippen LogP contribution >= 0.6 is 0 Å². The molecule has 5 heteroatoms. The van der Waals surface area contributed by atoms with Gasteiger partial charge in [0.15, 0.2) is 5.82 Å². The zero-order chi connectivity index (χ0) is 13.2. The molecule has 0 amide bonds. The van der Waals surface area contributed by atoms with E-state index in [1.165, 1.54) is 12.8 Å². The van der Waals surface area contributed by atoms with Gasteiger partial charge in [-0.05, 0) is 18.9 Å². The maximum Gasteiger partial charge on any atom is 0.154 e. The first-order chi connectivity index (χ1) is 9.25. The highest BCUT2D eigenvalue weighted by atomic mass is 15.3. The second kappa shape index (κ2) is 5.17. The maximum absolute atomic E-state index is 4.58. The van der Waals surface area contributed by atoms with Crippen molar-refractivity contribution in [3.8, 4) is 0 Å². The predicted molar refractivity (Wildman–Crippen MR) is 76.5 cm³/mol. The standard InChI is InChI=1S/C14H21N5/c1-11(2)16-10-12-4-3-8-18(12)14-13-5-6-17-19(13)9-7-15-14/h5-7,9,11-12,16H,3-4,8,10H2,1-2H3. The predicted octanol–water partition coefficient (Wildman–Crippen LogP) is 1.70. The summed E-state index contributed by atoms with van der Waals surface area (Å²) in [5, 5.41) is 7.82. The first-order valence-electron chi connectivity index (χ1n) is 7.04. The van der Waals surface area contributed by atoms with Gasteiger partial charge in [-0.15, -0.1) is 0 Å². The van der Waals surface area contributed by atoms with Gasteiger partial charge in [0.05, 0.1) is 6.20 Å². The van der Waals surface area contributed by atoms with Crippen LogP contribution in [0.3, 0.4) is 0 Å². The molecule has 1 aliphatic heterocycles. The van der Waals surface area contributed by atoms with Crippen LogP contribution in [0.25, 0.3) is 5.52 Å². The van der Waals surface area contributed by atoms with E-state index in [2.05, 4.69) is 34.1 Å². The third kappa shape index (κ3) is 2.42. The van der Waals surface area contributed by atoms with Crippen molar-refractivity contribution < 1.29 is 0 Å². The Morgan fingerprint density at radius 1 is 1.42 bits per heavy atom. The Morgan fingerprint density at radius 3 is 3.16 bits per heavy atom. The van der Waals surface area contributed by atoms with E-state index in [1.807, 2.05) is 29.2 Å². The van der Waals surface area contributed by atoms with E-state index in [-0.39, 0.29) is 0 Å². The van der Waals surface area contributed by atoms with E-state index in [0.717, 1.165) is 24.4 Å². The van der Waals surface area contributed by atoms with E-state index >= 15 is 0 Å². The molecule has 2 aromatic rings. The summed E-state index contributed by atoms with van der Waals surface area (Å²) in [6.45, 7) is 6.49. The monoisotopic (exact) mass is 259 g/mol. The molecule has 3 rings (SSSR count). The van der Waals surface area contributed by atoms with Crippen LogP contribution in [0.2, 0.25) is 0 Å². The summed E-state index contributed by atoms with van der Waals surface area (Å²) in [6, 6.07) is 3.10. The fraction of sp³-hybridized carbons (Fsp3) is 0.571. The van der Waals surface area contributed by atoms with Gasteiger partial charge in [0, 0.05) is 37.6 Å². The van der Waals surface area contributed by atoms with E-state index < -0.39 is 0 Å². The molecule has 0 radical (unpaired) electrons. The number of rotatable bonds is 4. The molecular formula is C14H21N5. The number of hydrogen-bond donors (Lipinski definition) is 1. The van der Waals surface area contributed by atoms with Crippen molar-refractivity contribution >= 4 is 11.3 Å². The zero-order valence-corrected chi connectivity index (χ0v) is 11.6. The highest BCUT2D eigenvalue weighted by Crippen LogP contribution is 2.26. The molecule has 2 aromatic heterocycles. The normalized spacial score (nSPS) is 19.7. The van der Waals surface area contributed by atoms with Crippen molar-refractivity contribution in [3.63, 3.8) is 0 Å². The lowest BCUT2D eigenvalue weighted by Crippen LogP contribution is -2.40. The molecule has 1 N–H and O–H groups in total. The van der Waals surface area contributed by atoms with Gasteiger partial charge in [0.1, 0.15) is 5.52 Å². The fourth-order valence-corrected chi connectivity index (χ4v) is 2.76. The van der Waals surface area contributed by atoms with Crippen LogP contribution in [0.1, 0.15) is 26.7 Å². The van der Waals surface area contributed by atoms with Gasteiger partial charge in [0.2, 0.25) is 0 Å². The van der Waals surface area contributed by atoms with Gasteiger partial charge in [-0.1, -0.05) is 13.8 Å². The first-order valence-corrected chi connectivity index (χ1v) is 7.04. The van der Waals surface area contributed by atoms with Gasteiger partial charge in [0.25, 0.3) is 0 Å². The van der Waals surface area contributed by atoms with Crippen LogP contribution in [0.15, 0.2) is 24.7 Å². The number of nitrogens with zero attached hydrogens (tertiary/aromatic N) is 4. The van der Waals surface area contributed by atoms with Crippen molar-refractivity contribution in [1.29, 1.82) is 0 Å². The molecule has 0 spiro atoms. The summed E-state index contributed by atoms with van der Waals surface area (Å²) < 4.78 is 1.90. The lowest BCUT2D eigenvalue weighted by atomic mass is 10.2. The van der Waals surface area contributed by atoms with Crippen molar-refractivity contribution in [3.05, 3.63) is 24.7 Å². The Morgan fingerprint density at radius 2 is 2.32 bits per heavy atom. The largest absolute Gasteiger partial charge is 0.351 e. The molecule has 1 saturated heterocycles. The summed E-state index contributed by atoms with van der Waals surface area (Å²) in [5.74, 6) is 1.06. The topological polar surface area (TPSA) is 45.5 Å². The molecule has 1 aliphatic rings. The minimum atomic E-state index is 0.529. The van der Waals surface area contributed by atoms with Crippen molar-refractivity contribution in [2.75, 3.05) is 18.0 Å². The molecule has 0 saturated carbocycles. The van der Waals surface area contributed by atoms with Crippen LogP contribution in [0.5, 0.6) is 0 Å². The molecule has 5 nitrogen and oxygen atoms in total. The average molecular weight is 259 g/mol. The first kappa shape index (κ1) is 12.4. The number of hydrogen-bond acceptors (Lipinski definition) is 4. The highest BCUT2D eigenvalue weighted by molar-refractivity contribution is 5.69. The molecule has 0 bridgehead atoms. The van der Waals surface area contributed by atoms with Crippen LogP contribution < -0.4 is 10.2 Å². The summed E-state index contributed by atoms with van der Waals surface area (Å²) in [7, 11) is 0. The van der Waals surface area contributed by atoms with E-state index in [1.54, 1.807) is 0 Å². The highest BCUT2D eigenvalue weighted by Gasteiger charge is 2.27. The SMILES string of the molecule is CC(C)NCC1CCCN1c1nccn2nccc12. The number of fused-ring (bicyclic) bond motifs is 1. The Bertz CT molecular complexity index is 548. The Hall–Kier alpha value is -1.62. The molecule has 19 heavy (non-hydrogen) atoms. The summed E-state index contributed by atoms with van der Waals surface area (Å²) in [4.78, 5) is 7.00. The zero-order valence-electron chi connectivity index (χ0n) is 11.6. The Kier molecular flexibility index (Phi) is 3.38. The van der Waals surface area contributed by atoms with E-state index in [4.69, 9.17) is 0 Å². The van der Waals surface area contributed by atoms with Crippen LogP contribution in [-0.2, 0) is 0 Å². The van der Waals surface area contributed by atoms with Gasteiger partial charge in [-0.25, -0.2) is 9.50 Å². The molecule has 1 atom stereocenters. The fourth-order valence-electron chi connectivity index (χ4n) is 2.76. The molecule has 3 heterocycles. The van der Waals surface area contributed by atoms with Gasteiger partial charge < -0.3 is 10.2 Å². The molecule has 0 aliphatic carbocycles. The van der Waals surface area contributed by atoms with Gasteiger partial charge in [-0.2, -0.15) is 5.10 Å². The molecule has 1 unspecified atom stereocenters. The van der Waals surface area contributed by atoms with E-state index in [9.17, 15) is 0 Å². The van der Waals surface area contributed by atoms with Crippen molar-refractivity contribution in [2.24, 2.45) is 0 Å². The minimum Gasteiger partial charge on any atom is -0.351 e. The lowest BCUT2D eigenvalue weighted by Gasteiger charge is -2.27. The molecule has 1 fully saturated rings. The molecule has 0 aromatic carbocycles.